The van der Waals surface area contributed by atoms with Gasteiger partial charge < -0.3 is 15.8 Å². The summed E-state index contributed by atoms with van der Waals surface area (Å²) in [5.74, 6) is 0.660. The first-order chi connectivity index (χ1) is 10.00. The lowest BCUT2D eigenvalue weighted by Gasteiger charge is -2.35. The Labute approximate surface area is 125 Å². The van der Waals surface area contributed by atoms with Crippen LogP contribution in [0.1, 0.15) is 38.2 Å². The Balaban J connectivity index is 2.26. The zero-order valence-corrected chi connectivity index (χ0v) is 12.5. The average molecular weight is 287 g/mol. The maximum Gasteiger partial charge on any atom is 0.244 e. The number of nitriles is 1. The van der Waals surface area contributed by atoms with Crippen LogP contribution in [-0.2, 0) is 4.79 Å². The van der Waals surface area contributed by atoms with Crippen LogP contribution in [0.25, 0.3) is 0 Å². The normalized spacial score (nSPS) is 25.0. The minimum absolute atomic E-state index is 0.241. The molecule has 1 aliphatic carbocycles. The fourth-order valence-electron chi connectivity index (χ4n) is 2.96. The monoisotopic (exact) mass is 287 g/mol. The summed E-state index contributed by atoms with van der Waals surface area (Å²) in [6, 6.07) is 7.14. The summed E-state index contributed by atoms with van der Waals surface area (Å²) in [6.45, 7) is 2.11. The van der Waals surface area contributed by atoms with Crippen molar-refractivity contribution in [2.45, 2.75) is 38.1 Å². The van der Waals surface area contributed by atoms with Gasteiger partial charge in [-0.15, -0.1) is 0 Å². The van der Waals surface area contributed by atoms with E-state index in [0.29, 0.717) is 35.8 Å². The standard InChI is InChI=1S/C16H21N3O2/c1-11-5-4-8-16(18,9-11)15(20)19-14-12(10-17)6-3-7-13(14)21-2/h3,6-7,11H,4-5,8-9,18H2,1-2H3,(H,19,20). The summed E-state index contributed by atoms with van der Waals surface area (Å²) >= 11 is 0. The van der Waals surface area contributed by atoms with Crippen LogP contribution in [-0.4, -0.2) is 18.6 Å². The Morgan fingerprint density at radius 1 is 1.57 bits per heavy atom. The first-order valence-electron chi connectivity index (χ1n) is 7.17. The van der Waals surface area contributed by atoms with Crippen molar-refractivity contribution in [2.24, 2.45) is 11.7 Å². The zero-order chi connectivity index (χ0) is 15.5. The molecule has 0 radical (unpaired) electrons. The second-order valence-electron chi connectivity index (χ2n) is 5.81. The number of methoxy groups -OCH3 is 1. The molecule has 112 valence electrons. The molecule has 1 aliphatic rings. The van der Waals surface area contributed by atoms with Gasteiger partial charge in [0.25, 0.3) is 0 Å². The van der Waals surface area contributed by atoms with Gasteiger partial charge in [0.2, 0.25) is 5.91 Å². The third kappa shape index (κ3) is 3.17. The predicted molar refractivity (Wildman–Crippen MR) is 80.9 cm³/mol. The fourth-order valence-corrected chi connectivity index (χ4v) is 2.96. The summed E-state index contributed by atoms with van der Waals surface area (Å²) in [7, 11) is 1.51. The van der Waals surface area contributed by atoms with Crippen LogP contribution in [0.4, 0.5) is 5.69 Å². The highest BCUT2D eigenvalue weighted by atomic mass is 16.5. The van der Waals surface area contributed by atoms with Crippen molar-refractivity contribution in [1.82, 2.24) is 0 Å². The largest absolute Gasteiger partial charge is 0.495 e. The van der Waals surface area contributed by atoms with Gasteiger partial charge >= 0.3 is 0 Å². The molecule has 0 heterocycles. The Bertz CT molecular complexity index is 579. The van der Waals surface area contributed by atoms with Gasteiger partial charge in [-0.3, -0.25) is 4.79 Å². The number of carbonyl (C=O) groups is 1. The van der Waals surface area contributed by atoms with E-state index in [0.717, 1.165) is 12.8 Å². The molecule has 1 amide bonds. The fraction of sp³-hybridized carbons (Fsp3) is 0.500. The molecule has 1 saturated carbocycles. The number of rotatable bonds is 3. The van der Waals surface area contributed by atoms with Gasteiger partial charge in [-0.05, 0) is 30.9 Å². The Hall–Kier alpha value is -2.06. The summed E-state index contributed by atoms with van der Waals surface area (Å²) in [6.07, 6.45) is 3.38. The van der Waals surface area contributed by atoms with Crippen LogP contribution < -0.4 is 15.8 Å². The van der Waals surface area contributed by atoms with Gasteiger partial charge in [0.1, 0.15) is 17.5 Å². The summed E-state index contributed by atoms with van der Waals surface area (Å²) in [4.78, 5) is 12.6. The number of nitrogens with two attached hydrogens (primary N) is 1. The Morgan fingerprint density at radius 2 is 2.33 bits per heavy atom. The summed E-state index contributed by atoms with van der Waals surface area (Å²) < 4.78 is 5.22. The molecule has 21 heavy (non-hydrogen) atoms. The average Bonchev–Trinajstić information content (AvgIpc) is 2.47. The molecule has 5 heteroatoms. The van der Waals surface area contributed by atoms with Crippen molar-refractivity contribution in [1.29, 1.82) is 5.26 Å². The number of para-hydroxylation sites is 1. The van der Waals surface area contributed by atoms with Gasteiger partial charge in [-0.25, -0.2) is 0 Å². The molecule has 0 saturated heterocycles. The maximum atomic E-state index is 12.6. The van der Waals surface area contributed by atoms with E-state index in [1.165, 1.54) is 7.11 Å². The lowest BCUT2D eigenvalue weighted by atomic mass is 9.76. The van der Waals surface area contributed by atoms with Crippen molar-refractivity contribution >= 4 is 11.6 Å². The Kier molecular flexibility index (Phi) is 4.49. The molecule has 0 spiro atoms. The number of ether oxygens (including phenoxy) is 1. The van der Waals surface area contributed by atoms with Crippen molar-refractivity contribution < 1.29 is 9.53 Å². The molecule has 2 unspecified atom stereocenters. The van der Waals surface area contributed by atoms with Crippen LogP contribution in [0, 0.1) is 17.2 Å². The van der Waals surface area contributed by atoms with Crippen LogP contribution >= 0.6 is 0 Å². The van der Waals surface area contributed by atoms with Crippen molar-refractivity contribution in [3.8, 4) is 11.8 Å². The molecule has 0 aliphatic heterocycles. The lowest BCUT2D eigenvalue weighted by molar-refractivity contribution is -0.122. The number of nitrogens with one attached hydrogen (secondary N) is 1. The van der Waals surface area contributed by atoms with E-state index in [2.05, 4.69) is 18.3 Å². The topological polar surface area (TPSA) is 88.1 Å². The third-order valence-corrected chi connectivity index (χ3v) is 4.09. The lowest BCUT2D eigenvalue weighted by Crippen LogP contribution is -2.53. The number of hydrogen-bond donors (Lipinski definition) is 2. The third-order valence-electron chi connectivity index (χ3n) is 4.09. The predicted octanol–water partition coefficient (Wildman–Crippen LogP) is 2.41. The molecule has 0 aromatic heterocycles. The van der Waals surface area contributed by atoms with Gasteiger partial charge in [0.15, 0.2) is 0 Å². The number of amides is 1. The second-order valence-corrected chi connectivity index (χ2v) is 5.81. The van der Waals surface area contributed by atoms with Crippen LogP contribution in [0.5, 0.6) is 5.75 Å². The summed E-state index contributed by atoms with van der Waals surface area (Å²) in [5.41, 5.74) is 6.19. The molecular formula is C16H21N3O2. The molecule has 2 atom stereocenters. The quantitative estimate of drug-likeness (QED) is 0.893. The van der Waals surface area contributed by atoms with Crippen molar-refractivity contribution in [2.75, 3.05) is 12.4 Å². The van der Waals surface area contributed by atoms with E-state index >= 15 is 0 Å². The molecule has 2 rings (SSSR count). The van der Waals surface area contributed by atoms with Gasteiger partial charge in [-0.1, -0.05) is 25.8 Å². The first kappa shape index (κ1) is 15.3. The molecule has 1 aromatic rings. The molecular weight excluding hydrogens is 266 g/mol. The van der Waals surface area contributed by atoms with Crippen LogP contribution in [0.15, 0.2) is 18.2 Å². The summed E-state index contributed by atoms with van der Waals surface area (Å²) in [5, 5.41) is 12.0. The number of nitrogens with zero attached hydrogens (tertiary/aromatic N) is 1. The highest BCUT2D eigenvalue weighted by Gasteiger charge is 2.38. The molecule has 0 bridgehead atoms. The van der Waals surface area contributed by atoms with E-state index in [4.69, 9.17) is 10.5 Å². The minimum atomic E-state index is -0.870. The van der Waals surface area contributed by atoms with Gasteiger partial charge in [-0.2, -0.15) is 5.26 Å². The smallest absolute Gasteiger partial charge is 0.244 e. The number of carbonyl (C=O) groups excluding carboxylic acids is 1. The van der Waals surface area contributed by atoms with Crippen LogP contribution in [0.3, 0.4) is 0 Å². The van der Waals surface area contributed by atoms with E-state index in [-0.39, 0.29) is 5.91 Å². The number of benzene rings is 1. The van der Waals surface area contributed by atoms with Gasteiger partial charge in [0.05, 0.1) is 18.2 Å². The molecule has 1 fully saturated rings. The van der Waals surface area contributed by atoms with E-state index in [1.54, 1.807) is 18.2 Å². The Morgan fingerprint density at radius 3 is 2.95 bits per heavy atom. The zero-order valence-electron chi connectivity index (χ0n) is 12.5. The van der Waals surface area contributed by atoms with Crippen molar-refractivity contribution in [3.05, 3.63) is 23.8 Å². The minimum Gasteiger partial charge on any atom is -0.495 e. The van der Waals surface area contributed by atoms with E-state index in [9.17, 15) is 10.1 Å². The van der Waals surface area contributed by atoms with Gasteiger partial charge in [0, 0.05) is 0 Å². The van der Waals surface area contributed by atoms with Crippen LogP contribution in [0.2, 0.25) is 0 Å². The number of anilines is 1. The molecule has 1 aromatic carbocycles. The maximum absolute atomic E-state index is 12.6. The highest BCUT2D eigenvalue weighted by Crippen LogP contribution is 2.33. The highest BCUT2D eigenvalue weighted by molar-refractivity contribution is 6.00. The SMILES string of the molecule is COc1cccc(C#N)c1NC(=O)C1(N)CCCC(C)C1. The van der Waals surface area contributed by atoms with Crippen molar-refractivity contribution in [3.63, 3.8) is 0 Å². The van der Waals surface area contributed by atoms with E-state index in [1.807, 2.05) is 0 Å². The first-order valence-corrected chi connectivity index (χ1v) is 7.17. The number of hydrogen-bond acceptors (Lipinski definition) is 4. The molecule has 3 N–H and O–H groups in total. The second kappa shape index (κ2) is 6.15. The molecule has 5 nitrogen and oxygen atoms in total. The van der Waals surface area contributed by atoms with E-state index < -0.39 is 5.54 Å².